The Bertz CT molecular complexity index is 375. The molecule has 7 nitrogen and oxygen atoms in total. The van der Waals surface area contributed by atoms with E-state index in [9.17, 15) is 0 Å². The summed E-state index contributed by atoms with van der Waals surface area (Å²) in [4.78, 5) is 0. The van der Waals surface area contributed by atoms with E-state index in [1.54, 1.807) is 14.2 Å². The van der Waals surface area contributed by atoms with Crippen molar-refractivity contribution >= 4 is 17.4 Å². The van der Waals surface area contributed by atoms with Gasteiger partial charge in [0.25, 0.3) is 0 Å². The molecule has 0 fully saturated rings. The summed E-state index contributed by atoms with van der Waals surface area (Å²) in [6.45, 7) is 22.1. The third kappa shape index (κ3) is 16.5. The zero-order valence-corrected chi connectivity index (χ0v) is 23.0. The van der Waals surface area contributed by atoms with Crippen molar-refractivity contribution in [3.8, 4) is 0 Å². The molecule has 0 bridgehead atoms. The minimum atomic E-state index is -2.41. The van der Waals surface area contributed by atoms with Gasteiger partial charge in [0.15, 0.2) is 0 Å². The lowest BCUT2D eigenvalue weighted by atomic mass is 10.3. The maximum absolute atomic E-state index is 6.04. The second-order valence-electron chi connectivity index (χ2n) is 8.06. The van der Waals surface area contributed by atoms with Gasteiger partial charge in [-0.05, 0) is 51.4 Å². The average Bonchev–Trinajstić information content (AvgIpc) is 2.60. The quantitative estimate of drug-likeness (QED) is 0.206. The molecule has 0 heterocycles. The van der Waals surface area contributed by atoms with Crippen molar-refractivity contribution in [1.29, 1.82) is 0 Å². The minimum absolute atomic E-state index is 0.0944. The van der Waals surface area contributed by atoms with Crippen LogP contribution in [0.4, 0.5) is 0 Å². The Morgan fingerprint density at radius 2 is 1.34 bits per heavy atom. The zero-order valence-electron chi connectivity index (χ0n) is 21.0. The molecule has 2 unspecified atom stereocenters. The lowest BCUT2D eigenvalue weighted by molar-refractivity contribution is 0.0874. The van der Waals surface area contributed by atoms with Crippen molar-refractivity contribution in [1.82, 2.24) is 10.6 Å². The van der Waals surface area contributed by atoms with Crippen molar-refractivity contribution < 1.29 is 22.1 Å². The predicted molar refractivity (Wildman–Crippen MR) is 126 cm³/mol. The Kier molecular flexibility index (Phi) is 19.2. The molecule has 9 heteroatoms. The third-order valence-electron chi connectivity index (χ3n) is 4.07. The van der Waals surface area contributed by atoms with E-state index < -0.39 is 17.4 Å². The monoisotopic (exact) mass is 454 g/mol. The second-order valence-corrected chi connectivity index (χ2v) is 14.1. The summed E-state index contributed by atoms with van der Waals surface area (Å²) in [6, 6.07) is 1.90. The highest BCUT2D eigenvalue weighted by atomic mass is 28.4. The molecule has 2 N–H and O–H groups in total. The van der Waals surface area contributed by atoms with Crippen LogP contribution in [0.3, 0.4) is 0 Å². The predicted octanol–water partition coefficient (Wildman–Crippen LogP) is 4.18. The van der Waals surface area contributed by atoms with E-state index in [2.05, 4.69) is 51.8 Å². The summed E-state index contributed by atoms with van der Waals surface area (Å²) in [5, 5.41) is 6.36. The first kappa shape index (κ1) is 31.3. The topological polar surface area (TPSA) is 70.2 Å². The van der Waals surface area contributed by atoms with Gasteiger partial charge in [-0.1, -0.05) is 41.5 Å². The molecule has 0 rings (SSSR count). The molecule has 0 radical (unpaired) electrons. The SMILES string of the molecule is CCNC(C)O[Si](C)(CC(C)C)OCC.CCNCO[Si](CC(C)C)(OC)OC. The molecule has 0 aliphatic heterocycles. The molecule has 0 saturated carbocycles. The molecule has 0 saturated heterocycles. The first-order valence-corrected chi connectivity index (χ1v) is 15.5. The summed E-state index contributed by atoms with van der Waals surface area (Å²) >= 11 is 0. The summed E-state index contributed by atoms with van der Waals surface area (Å²) in [5.74, 6) is 1.14. The lowest BCUT2D eigenvalue weighted by Crippen LogP contribution is -2.47. The molecule has 0 aromatic carbocycles. The van der Waals surface area contributed by atoms with Crippen LogP contribution in [0.25, 0.3) is 0 Å². The summed E-state index contributed by atoms with van der Waals surface area (Å²) in [5.41, 5.74) is 0. The van der Waals surface area contributed by atoms with Gasteiger partial charge in [-0.15, -0.1) is 0 Å². The smallest absolute Gasteiger partial charge is 0.395 e. The fraction of sp³-hybridized carbons (Fsp3) is 1.00. The average molecular weight is 455 g/mol. The standard InChI is InChI=1S/C11H27NO2Si.C9H23NO3Si/c1-7-12-11(5)14-15(6,13-8-2)9-10(3)4;1-6-10-8-13-14(11-4,12-5)7-9(2)3/h10-12H,7-9H2,1-6H3;9-10H,6-8H2,1-5H3. The highest BCUT2D eigenvalue weighted by molar-refractivity contribution is 6.66. The molecule has 29 heavy (non-hydrogen) atoms. The lowest BCUT2D eigenvalue weighted by Gasteiger charge is -2.31. The van der Waals surface area contributed by atoms with Gasteiger partial charge < -0.3 is 22.1 Å². The Labute approximate surface area is 183 Å². The Morgan fingerprint density at radius 1 is 0.793 bits per heavy atom. The maximum Gasteiger partial charge on any atom is 0.501 e. The van der Waals surface area contributed by atoms with E-state index in [1.165, 1.54) is 0 Å². The van der Waals surface area contributed by atoms with Crippen molar-refractivity contribution in [2.24, 2.45) is 11.8 Å². The van der Waals surface area contributed by atoms with Crippen LogP contribution in [0, 0.1) is 11.8 Å². The fourth-order valence-corrected chi connectivity index (χ4v) is 8.46. The van der Waals surface area contributed by atoms with E-state index in [-0.39, 0.29) is 6.23 Å². The number of hydrogen-bond donors (Lipinski definition) is 2. The molecule has 0 aliphatic carbocycles. The van der Waals surface area contributed by atoms with Crippen LogP contribution in [0.5, 0.6) is 0 Å². The first-order valence-electron chi connectivity index (χ1n) is 11.0. The molecular weight excluding hydrogens is 404 g/mol. The minimum Gasteiger partial charge on any atom is -0.395 e. The molecule has 178 valence electrons. The molecule has 0 aromatic rings. The van der Waals surface area contributed by atoms with Gasteiger partial charge in [-0.25, -0.2) is 0 Å². The largest absolute Gasteiger partial charge is 0.501 e. The van der Waals surface area contributed by atoms with Crippen LogP contribution in [-0.2, 0) is 22.1 Å². The van der Waals surface area contributed by atoms with Crippen LogP contribution in [0.15, 0.2) is 0 Å². The van der Waals surface area contributed by atoms with Gasteiger partial charge >= 0.3 is 17.4 Å². The summed E-state index contributed by atoms with van der Waals surface area (Å²) < 4.78 is 28.3. The number of nitrogens with one attached hydrogen (secondary N) is 2. The van der Waals surface area contributed by atoms with E-state index in [4.69, 9.17) is 22.1 Å². The van der Waals surface area contributed by atoms with Crippen LogP contribution in [-0.4, -0.2) is 64.2 Å². The van der Waals surface area contributed by atoms with Crippen molar-refractivity contribution in [2.75, 3.05) is 40.6 Å². The van der Waals surface area contributed by atoms with E-state index >= 15 is 0 Å². The van der Waals surface area contributed by atoms with Crippen LogP contribution in [0.2, 0.25) is 18.6 Å². The van der Waals surface area contributed by atoms with Gasteiger partial charge in [0.2, 0.25) is 0 Å². The van der Waals surface area contributed by atoms with Gasteiger partial charge in [0, 0.05) is 26.9 Å². The second kappa shape index (κ2) is 17.8. The van der Waals surface area contributed by atoms with Gasteiger partial charge in [0.1, 0.15) is 0 Å². The van der Waals surface area contributed by atoms with E-state index in [0.717, 1.165) is 31.8 Å². The third-order valence-corrected chi connectivity index (χ3v) is 10.5. The van der Waals surface area contributed by atoms with Crippen LogP contribution in [0.1, 0.15) is 55.4 Å². The van der Waals surface area contributed by atoms with Crippen molar-refractivity contribution in [3.05, 3.63) is 0 Å². The maximum atomic E-state index is 6.04. The first-order chi connectivity index (χ1) is 13.5. The molecule has 0 spiro atoms. The van der Waals surface area contributed by atoms with E-state index in [0.29, 0.717) is 18.6 Å². The van der Waals surface area contributed by atoms with Gasteiger partial charge in [-0.3, -0.25) is 10.6 Å². The van der Waals surface area contributed by atoms with Gasteiger partial charge in [-0.2, -0.15) is 0 Å². The fourth-order valence-electron chi connectivity index (χ4n) is 3.08. The normalized spacial score (nSPS) is 15.2. The molecule has 0 aromatic heterocycles. The van der Waals surface area contributed by atoms with Crippen LogP contribution < -0.4 is 10.6 Å². The Balaban J connectivity index is 0. The number of rotatable bonds is 16. The van der Waals surface area contributed by atoms with Crippen molar-refractivity contribution in [2.45, 2.75) is 80.3 Å². The Morgan fingerprint density at radius 3 is 1.72 bits per heavy atom. The number of hydrogen-bond acceptors (Lipinski definition) is 7. The highest BCUT2D eigenvalue weighted by Crippen LogP contribution is 2.21. The van der Waals surface area contributed by atoms with Gasteiger partial charge in [0.05, 0.1) is 13.0 Å². The summed E-state index contributed by atoms with van der Waals surface area (Å²) in [7, 11) is -1.07. The molecule has 0 aliphatic rings. The van der Waals surface area contributed by atoms with Crippen molar-refractivity contribution in [3.63, 3.8) is 0 Å². The Hall–Kier alpha value is 0.154. The van der Waals surface area contributed by atoms with Crippen LogP contribution >= 0.6 is 0 Å². The molecule has 2 atom stereocenters. The molecular formula is C20H50N2O5Si2. The zero-order chi connectivity index (χ0) is 22.9. The van der Waals surface area contributed by atoms with E-state index in [1.807, 2.05) is 20.8 Å². The molecule has 0 amide bonds. The highest BCUT2D eigenvalue weighted by Gasteiger charge is 2.39. The summed E-state index contributed by atoms with van der Waals surface area (Å²) in [6.07, 6.45) is 0.0944.